The third kappa shape index (κ3) is 3.21. The molecule has 0 aliphatic carbocycles. The fourth-order valence-corrected chi connectivity index (χ4v) is 4.49. The van der Waals surface area contributed by atoms with Crippen LogP contribution in [-0.4, -0.2) is 35.1 Å². The van der Waals surface area contributed by atoms with Gasteiger partial charge in [-0.25, -0.2) is 0 Å². The van der Waals surface area contributed by atoms with Gasteiger partial charge >= 0.3 is 0 Å². The Kier molecular flexibility index (Phi) is 4.96. The third-order valence-corrected chi connectivity index (χ3v) is 6.36. The number of H-pyrrole nitrogens is 1. The molecule has 144 valence electrons. The van der Waals surface area contributed by atoms with Gasteiger partial charge in [0, 0.05) is 22.9 Å². The number of phenolic OH excluding ortho intramolecular Hbond substituents is 1. The Labute approximate surface area is 168 Å². The molecular weight excluding hydrogens is 368 g/mol. The van der Waals surface area contributed by atoms with Crippen molar-refractivity contribution in [2.45, 2.75) is 20.3 Å². The molecule has 0 aliphatic rings. The van der Waals surface area contributed by atoms with Crippen molar-refractivity contribution in [3.63, 3.8) is 0 Å². The fraction of sp³-hybridized carbons (Fsp3) is 0.261. The molecular formula is C23H24N2O2S. The summed E-state index contributed by atoms with van der Waals surface area (Å²) in [4.78, 5) is 17.7. The van der Waals surface area contributed by atoms with Crippen LogP contribution in [0.4, 0.5) is 0 Å². The molecule has 28 heavy (non-hydrogen) atoms. The number of nitrogens with one attached hydrogen (secondary N) is 1. The van der Waals surface area contributed by atoms with Crippen molar-refractivity contribution in [2.24, 2.45) is 0 Å². The van der Waals surface area contributed by atoms with Crippen LogP contribution >= 0.6 is 11.3 Å². The van der Waals surface area contributed by atoms with Crippen LogP contribution in [0.1, 0.15) is 18.1 Å². The van der Waals surface area contributed by atoms with Gasteiger partial charge < -0.3 is 15.0 Å². The Balaban J connectivity index is 1.87. The highest BCUT2D eigenvalue weighted by Crippen LogP contribution is 2.41. The van der Waals surface area contributed by atoms with Gasteiger partial charge in [0.25, 0.3) is 5.56 Å². The highest BCUT2D eigenvalue weighted by atomic mass is 32.1. The largest absolute Gasteiger partial charge is 0.507 e. The zero-order chi connectivity index (χ0) is 19.8. The van der Waals surface area contributed by atoms with E-state index in [9.17, 15) is 9.90 Å². The van der Waals surface area contributed by atoms with E-state index >= 15 is 0 Å². The smallest absolute Gasteiger partial charge is 0.266 e. The molecule has 0 unspecified atom stereocenters. The molecule has 0 amide bonds. The maximum atomic E-state index is 12.4. The molecule has 2 heterocycles. The Morgan fingerprint density at radius 1 is 1.18 bits per heavy atom. The number of likely N-dealkylation sites (N-methyl/N-ethyl adjacent to an activating group) is 1. The van der Waals surface area contributed by atoms with Gasteiger partial charge in [0.1, 0.15) is 10.4 Å². The van der Waals surface area contributed by atoms with Crippen LogP contribution in [0.2, 0.25) is 0 Å². The number of aromatic amines is 1. The second kappa shape index (κ2) is 7.41. The molecule has 4 rings (SSSR count). The van der Waals surface area contributed by atoms with Gasteiger partial charge in [-0.15, -0.1) is 11.3 Å². The Bertz CT molecular complexity index is 1210. The zero-order valence-electron chi connectivity index (χ0n) is 16.4. The second-order valence-corrected chi connectivity index (χ2v) is 8.21. The first-order chi connectivity index (χ1) is 13.5. The lowest BCUT2D eigenvalue weighted by Gasteiger charge is -2.15. The monoisotopic (exact) mass is 392 g/mol. The average Bonchev–Trinajstić information content (AvgIpc) is 3.18. The molecule has 0 saturated carbocycles. The van der Waals surface area contributed by atoms with E-state index in [1.807, 2.05) is 18.4 Å². The number of phenols is 1. The number of aryl methyl sites for hydroxylation is 1. The van der Waals surface area contributed by atoms with Gasteiger partial charge in [-0.3, -0.25) is 4.79 Å². The number of fused-ring (bicyclic) bond motifs is 3. The van der Waals surface area contributed by atoms with Crippen molar-refractivity contribution in [1.82, 2.24) is 9.88 Å². The van der Waals surface area contributed by atoms with Crippen LogP contribution in [0.3, 0.4) is 0 Å². The van der Waals surface area contributed by atoms with Crippen LogP contribution < -0.4 is 5.56 Å². The van der Waals surface area contributed by atoms with Gasteiger partial charge in [0.05, 0.1) is 5.52 Å². The van der Waals surface area contributed by atoms with Crippen molar-refractivity contribution in [1.29, 1.82) is 0 Å². The molecule has 2 aromatic carbocycles. The Hall–Kier alpha value is -2.63. The molecule has 0 atom stereocenters. The minimum absolute atomic E-state index is 0.0763. The summed E-state index contributed by atoms with van der Waals surface area (Å²) in [5, 5.41) is 14.5. The molecule has 4 nitrogen and oxygen atoms in total. The Morgan fingerprint density at radius 3 is 2.64 bits per heavy atom. The minimum Gasteiger partial charge on any atom is -0.507 e. The summed E-state index contributed by atoms with van der Waals surface area (Å²) in [6.45, 7) is 6.12. The normalized spacial score (nSPS) is 11.7. The summed E-state index contributed by atoms with van der Waals surface area (Å²) < 4.78 is 0.693. The molecule has 0 saturated heterocycles. The van der Waals surface area contributed by atoms with E-state index in [1.54, 1.807) is 6.07 Å². The predicted molar refractivity (Wildman–Crippen MR) is 119 cm³/mol. The molecule has 2 N–H and O–H groups in total. The number of thiophene rings is 1. The minimum atomic E-state index is -0.0763. The van der Waals surface area contributed by atoms with Gasteiger partial charge in [0.15, 0.2) is 0 Å². The summed E-state index contributed by atoms with van der Waals surface area (Å²) in [6, 6.07) is 12.1. The van der Waals surface area contributed by atoms with Crippen LogP contribution in [0.5, 0.6) is 5.75 Å². The van der Waals surface area contributed by atoms with Crippen molar-refractivity contribution in [3.8, 4) is 16.9 Å². The molecule has 0 radical (unpaired) electrons. The maximum absolute atomic E-state index is 12.4. The molecule has 0 fully saturated rings. The first-order valence-electron chi connectivity index (χ1n) is 9.53. The molecule has 5 heteroatoms. The van der Waals surface area contributed by atoms with Gasteiger partial charge in [-0.2, -0.15) is 0 Å². The van der Waals surface area contributed by atoms with E-state index in [0.29, 0.717) is 4.70 Å². The highest BCUT2D eigenvalue weighted by Gasteiger charge is 2.17. The maximum Gasteiger partial charge on any atom is 0.266 e. The average molecular weight is 393 g/mol. The summed E-state index contributed by atoms with van der Waals surface area (Å²) in [7, 11) is 2.12. The van der Waals surface area contributed by atoms with Crippen LogP contribution in [0.25, 0.3) is 32.1 Å². The van der Waals surface area contributed by atoms with Gasteiger partial charge in [-0.1, -0.05) is 31.2 Å². The summed E-state index contributed by atoms with van der Waals surface area (Å²) in [6.07, 6.45) is 0.993. The van der Waals surface area contributed by atoms with Crippen LogP contribution in [0.15, 0.2) is 46.6 Å². The van der Waals surface area contributed by atoms with Gasteiger partial charge in [-0.05, 0) is 61.1 Å². The number of aromatic hydroxyl groups is 1. The van der Waals surface area contributed by atoms with E-state index in [-0.39, 0.29) is 11.3 Å². The van der Waals surface area contributed by atoms with Crippen molar-refractivity contribution in [3.05, 3.63) is 63.3 Å². The fourth-order valence-electron chi connectivity index (χ4n) is 3.69. The zero-order valence-corrected chi connectivity index (χ0v) is 17.2. The lowest BCUT2D eigenvalue weighted by atomic mass is 9.94. The van der Waals surface area contributed by atoms with Crippen molar-refractivity contribution in [2.75, 3.05) is 20.1 Å². The van der Waals surface area contributed by atoms with E-state index in [4.69, 9.17) is 0 Å². The van der Waals surface area contributed by atoms with Gasteiger partial charge in [0.2, 0.25) is 0 Å². The second-order valence-electron chi connectivity index (χ2n) is 7.30. The molecule has 4 aromatic rings. The van der Waals surface area contributed by atoms with E-state index < -0.39 is 0 Å². The molecule has 0 bridgehead atoms. The molecule has 0 spiro atoms. The number of pyridine rings is 1. The first kappa shape index (κ1) is 18.7. The molecule has 2 aromatic heterocycles. The SMILES string of the molecule is CCN(C)CCc1ccc(-c2c(O)cc(C)c3[nH]c(=O)c4sccc4c23)cc1. The van der Waals surface area contributed by atoms with E-state index in [2.05, 4.69) is 48.1 Å². The predicted octanol–water partition coefficient (Wildman–Crippen LogP) is 4.92. The number of rotatable bonds is 5. The highest BCUT2D eigenvalue weighted by molar-refractivity contribution is 7.17. The standard InChI is InChI=1S/C23H24N2O2S/c1-4-25(3)11-9-15-5-7-16(8-6-15)19-18(26)13-14(2)21-20(19)17-10-12-28-22(17)23(27)24-21/h5-8,10,12-13,26H,4,9,11H2,1-3H3,(H,24,27). The van der Waals surface area contributed by atoms with Crippen LogP contribution in [-0.2, 0) is 6.42 Å². The van der Waals surface area contributed by atoms with Crippen LogP contribution in [0, 0.1) is 6.92 Å². The quantitative estimate of drug-likeness (QED) is 0.507. The van der Waals surface area contributed by atoms with E-state index in [0.717, 1.165) is 52.5 Å². The number of benzene rings is 2. The number of nitrogens with zero attached hydrogens (tertiary/aromatic N) is 1. The summed E-state index contributed by atoms with van der Waals surface area (Å²) in [5.41, 5.74) is 4.58. The number of aromatic nitrogens is 1. The summed E-state index contributed by atoms with van der Waals surface area (Å²) in [5.74, 6) is 0.239. The lowest BCUT2D eigenvalue weighted by molar-refractivity contribution is 0.357. The topological polar surface area (TPSA) is 56.3 Å². The number of hydrogen-bond acceptors (Lipinski definition) is 4. The first-order valence-corrected chi connectivity index (χ1v) is 10.4. The molecule has 0 aliphatic heterocycles. The third-order valence-electron chi connectivity index (χ3n) is 5.45. The van der Waals surface area contributed by atoms with Crippen molar-refractivity contribution < 1.29 is 5.11 Å². The number of hydrogen-bond donors (Lipinski definition) is 2. The lowest BCUT2D eigenvalue weighted by Crippen LogP contribution is -2.20. The summed E-state index contributed by atoms with van der Waals surface area (Å²) >= 11 is 1.43. The van der Waals surface area contributed by atoms with E-state index in [1.165, 1.54) is 16.9 Å². The van der Waals surface area contributed by atoms with Crippen molar-refractivity contribution >= 4 is 32.3 Å². The Morgan fingerprint density at radius 2 is 1.93 bits per heavy atom.